The van der Waals surface area contributed by atoms with E-state index in [0.717, 1.165) is 0 Å². The fourth-order valence-corrected chi connectivity index (χ4v) is 4.91. The summed E-state index contributed by atoms with van der Waals surface area (Å²) in [5.74, 6) is -2.66. The van der Waals surface area contributed by atoms with Crippen LogP contribution in [-0.2, 0) is 35.0 Å². The summed E-state index contributed by atoms with van der Waals surface area (Å²) in [6.45, 7) is 0. The van der Waals surface area contributed by atoms with Crippen molar-refractivity contribution in [2.75, 3.05) is 7.05 Å². The Morgan fingerprint density at radius 3 is 2.42 bits per heavy atom. The lowest BCUT2D eigenvalue weighted by Gasteiger charge is -2.18. The molecule has 1 aromatic rings. The monoisotopic (exact) mass is 552 g/mol. The second-order valence-electron chi connectivity index (χ2n) is 8.72. The minimum atomic E-state index is -4.07. The van der Waals surface area contributed by atoms with Gasteiger partial charge in [0.25, 0.3) is 0 Å². The quantitative estimate of drug-likeness (QED) is 0.0594. The number of amides is 1. The number of rotatable bonds is 19. The summed E-state index contributed by atoms with van der Waals surface area (Å²) in [7, 11) is -2.58. The van der Waals surface area contributed by atoms with E-state index in [1.165, 1.54) is 7.05 Å². The van der Waals surface area contributed by atoms with Crippen LogP contribution in [0.3, 0.4) is 0 Å². The van der Waals surface area contributed by atoms with Crippen LogP contribution in [0.25, 0.3) is 0 Å². The molecule has 0 radical (unpaired) electrons. The number of hydrogen-bond donors (Lipinski definition) is 6. The van der Waals surface area contributed by atoms with Crippen LogP contribution in [0.15, 0.2) is 29.3 Å². The number of aliphatic imine (C=N–C) groups is 1. The van der Waals surface area contributed by atoms with Crippen molar-refractivity contribution in [3.05, 3.63) is 35.4 Å². The Morgan fingerprint density at radius 1 is 1.11 bits per heavy atom. The number of hydrogen-bond acceptors (Lipinski definition) is 8. The van der Waals surface area contributed by atoms with Gasteiger partial charge in [0, 0.05) is 38.3 Å². The summed E-state index contributed by atoms with van der Waals surface area (Å²) in [6.07, 6.45) is 1.03. The maximum Gasteiger partial charge on any atom is 0.303 e. The number of benzene rings is 1. The van der Waals surface area contributed by atoms with Crippen LogP contribution in [0, 0.1) is 5.41 Å². The van der Waals surface area contributed by atoms with Gasteiger partial charge in [-0.05, 0) is 30.9 Å². The van der Waals surface area contributed by atoms with E-state index in [9.17, 15) is 27.6 Å². The molecule has 0 bridgehead atoms. The molecule has 1 amide bonds. The van der Waals surface area contributed by atoms with Crippen LogP contribution >= 0.6 is 0 Å². The summed E-state index contributed by atoms with van der Waals surface area (Å²) in [5, 5.41) is 18.7. The van der Waals surface area contributed by atoms with Gasteiger partial charge in [-0.1, -0.05) is 24.6 Å². The van der Waals surface area contributed by atoms with Gasteiger partial charge in [-0.25, -0.2) is 13.1 Å². The van der Waals surface area contributed by atoms with Gasteiger partial charge < -0.3 is 26.7 Å². The van der Waals surface area contributed by atoms with E-state index in [0.29, 0.717) is 43.1 Å². The largest absolute Gasteiger partial charge is 0.481 e. The molecule has 2 atom stereocenters. The third kappa shape index (κ3) is 13.1. The van der Waals surface area contributed by atoms with Gasteiger partial charge in [-0.2, -0.15) is 0 Å². The molecular weight excluding hydrogens is 516 g/mol. The summed E-state index contributed by atoms with van der Waals surface area (Å²) >= 11 is 0. The van der Waals surface area contributed by atoms with E-state index in [2.05, 4.69) is 15.0 Å². The highest BCUT2D eigenvalue weighted by atomic mass is 32.2. The van der Waals surface area contributed by atoms with Gasteiger partial charge in [0.2, 0.25) is 15.9 Å². The van der Waals surface area contributed by atoms with Crippen molar-refractivity contribution < 1.29 is 32.7 Å². The molecule has 210 valence electrons. The fourth-order valence-electron chi connectivity index (χ4n) is 3.52. The predicted octanol–water partition coefficient (Wildman–Crippen LogP) is 0.204. The second kappa shape index (κ2) is 16.2. The van der Waals surface area contributed by atoms with E-state index in [4.69, 9.17) is 22.0 Å². The Bertz CT molecular complexity index is 1140. The zero-order chi connectivity index (χ0) is 28.7. The first-order chi connectivity index (χ1) is 17.9. The summed E-state index contributed by atoms with van der Waals surface area (Å²) < 4.78 is 27.8. The van der Waals surface area contributed by atoms with E-state index >= 15 is 0 Å². The van der Waals surface area contributed by atoms with Crippen molar-refractivity contribution >= 4 is 45.6 Å². The number of aliphatic carboxylic acids is 1. The zero-order valence-electron chi connectivity index (χ0n) is 21.3. The van der Waals surface area contributed by atoms with Gasteiger partial charge in [-0.15, -0.1) is 0 Å². The number of carboxylic acids is 1. The molecule has 0 fully saturated rings. The van der Waals surface area contributed by atoms with Crippen molar-refractivity contribution in [2.24, 2.45) is 16.5 Å². The lowest BCUT2D eigenvalue weighted by atomic mass is 10.0. The predicted molar refractivity (Wildman–Crippen MR) is 142 cm³/mol. The molecule has 0 aliphatic rings. The summed E-state index contributed by atoms with van der Waals surface area (Å²) in [4.78, 5) is 51.2. The van der Waals surface area contributed by atoms with Crippen LogP contribution < -0.4 is 21.5 Å². The number of nitrogens with one attached hydrogen (secondary N) is 3. The maximum atomic E-state index is 12.8. The highest BCUT2D eigenvalue weighted by Crippen LogP contribution is 2.12. The van der Waals surface area contributed by atoms with Crippen LogP contribution in [-0.4, -0.2) is 68.3 Å². The van der Waals surface area contributed by atoms with Gasteiger partial charge in [-0.3, -0.25) is 24.8 Å². The van der Waals surface area contributed by atoms with Crippen molar-refractivity contribution in [3.8, 4) is 0 Å². The topological polar surface area (TPSA) is 235 Å². The first-order valence-electron chi connectivity index (χ1n) is 12.0. The SMILES string of the molecule is CN=C(N)c1cccc(CS(=O)(=O)N[C@@H](CCC(=O)O)C(=O)CCC(=O)N[C@H](C=O)CCCCC(=N)N)c1. The molecule has 13 nitrogen and oxygen atoms in total. The Balaban J connectivity index is 2.78. The zero-order valence-corrected chi connectivity index (χ0v) is 22.1. The molecule has 0 heterocycles. The molecule has 0 spiro atoms. The number of nitrogens with zero attached hydrogens (tertiary/aromatic N) is 1. The standard InChI is InChI=1S/C24H36N6O7S/c1-28-24(27)17-6-4-5-16(13-17)15-38(36,37)30-19(9-12-23(34)35)20(32)10-11-22(33)29-18(14-31)7-2-3-8-21(25)26/h4-6,13-14,18-19,30H,2-3,7-12,15H2,1H3,(H3,25,26)(H2,27,28)(H,29,33)(H,34,35)/t18-,19-/m0/s1. The molecule has 0 saturated carbocycles. The average molecular weight is 553 g/mol. The van der Waals surface area contributed by atoms with E-state index in [1.54, 1.807) is 24.3 Å². The minimum absolute atomic E-state index is 0.0347. The Morgan fingerprint density at radius 2 is 1.82 bits per heavy atom. The van der Waals surface area contributed by atoms with E-state index < -0.39 is 51.9 Å². The normalized spacial score (nSPS) is 13.3. The first kappa shape index (κ1) is 32.4. The van der Waals surface area contributed by atoms with Gasteiger partial charge in [0.15, 0.2) is 5.78 Å². The fraction of sp³-hybridized carbons (Fsp3) is 0.500. The summed E-state index contributed by atoms with van der Waals surface area (Å²) in [6, 6.07) is 4.27. The van der Waals surface area contributed by atoms with Gasteiger partial charge in [0.1, 0.15) is 12.1 Å². The molecule has 0 unspecified atom stereocenters. The minimum Gasteiger partial charge on any atom is -0.481 e. The third-order valence-corrected chi connectivity index (χ3v) is 6.86. The highest BCUT2D eigenvalue weighted by Gasteiger charge is 2.26. The number of ketones is 1. The van der Waals surface area contributed by atoms with Crippen LogP contribution in [0.4, 0.5) is 0 Å². The molecule has 8 N–H and O–H groups in total. The van der Waals surface area contributed by atoms with Gasteiger partial charge >= 0.3 is 5.97 Å². The lowest BCUT2D eigenvalue weighted by molar-refractivity contribution is -0.137. The number of carbonyl (C=O) groups excluding carboxylic acids is 3. The third-order valence-electron chi connectivity index (χ3n) is 5.50. The van der Waals surface area contributed by atoms with Crippen LogP contribution in [0.2, 0.25) is 0 Å². The van der Waals surface area contributed by atoms with E-state index in [1.807, 2.05) is 0 Å². The molecule has 0 aliphatic carbocycles. The number of carboxylic acid groups (broad SMARTS) is 1. The van der Waals surface area contributed by atoms with Crippen LogP contribution in [0.5, 0.6) is 0 Å². The molecule has 1 aromatic carbocycles. The molecule has 0 aromatic heterocycles. The number of aldehydes is 1. The van der Waals surface area contributed by atoms with Crippen molar-refractivity contribution in [3.63, 3.8) is 0 Å². The number of nitrogens with two attached hydrogens (primary N) is 2. The summed E-state index contributed by atoms with van der Waals surface area (Å²) in [5.41, 5.74) is 12.0. The van der Waals surface area contributed by atoms with Crippen molar-refractivity contribution in [2.45, 2.75) is 69.2 Å². The Kier molecular flexibility index (Phi) is 13.8. The molecule has 1 rings (SSSR count). The smallest absolute Gasteiger partial charge is 0.303 e. The van der Waals surface area contributed by atoms with Crippen LogP contribution in [0.1, 0.15) is 62.5 Å². The van der Waals surface area contributed by atoms with Crippen molar-refractivity contribution in [1.82, 2.24) is 10.0 Å². The molecule has 38 heavy (non-hydrogen) atoms. The second-order valence-corrected chi connectivity index (χ2v) is 10.5. The number of sulfonamides is 1. The van der Waals surface area contributed by atoms with E-state index in [-0.39, 0.29) is 30.9 Å². The number of amidine groups is 2. The lowest BCUT2D eigenvalue weighted by Crippen LogP contribution is -2.42. The first-order valence-corrected chi connectivity index (χ1v) is 13.7. The number of Topliss-reactive ketones (excluding diaryl/α,β-unsaturated/α-hetero) is 1. The molecule has 0 aliphatic heterocycles. The Labute approximate surface area is 222 Å². The molecule has 0 saturated heterocycles. The number of unbranched alkanes of at least 4 members (excludes halogenated alkanes) is 1. The molecular formula is C24H36N6O7S. The maximum absolute atomic E-state index is 12.8. The molecule has 14 heteroatoms. The highest BCUT2D eigenvalue weighted by molar-refractivity contribution is 7.88. The Hall–Kier alpha value is -3.65. The number of carbonyl (C=O) groups is 4. The average Bonchev–Trinajstić information content (AvgIpc) is 2.85. The van der Waals surface area contributed by atoms with Crippen molar-refractivity contribution in [1.29, 1.82) is 5.41 Å². The van der Waals surface area contributed by atoms with Gasteiger partial charge in [0.05, 0.1) is 23.7 Å².